The molecule has 0 atom stereocenters. The summed E-state index contributed by atoms with van der Waals surface area (Å²) in [5.74, 6) is 1.05. The summed E-state index contributed by atoms with van der Waals surface area (Å²) in [6, 6.07) is 8.62. The van der Waals surface area contributed by atoms with Crippen molar-refractivity contribution in [2.24, 2.45) is 0 Å². The normalized spacial score (nSPS) is 12.6. The van der Waals surface area contributed by atoms with Gasteiger partial charge in [0.05, 0.1) is 0 Å². The second-order valence-electron chi connectivity index (χ2n) is 10.3. The van der Waals surface area contributed by atoms with Crippen LogP contribution in [0.25, 0.3) is 0 Å². The Balaban J connectivity index is 2.71. The van der Waals surface area contributed by atoms with E-state index in [9.17, 15) is 10.2 Å². The molecule has 0 aromatic heterocycles. The van der Waals surface area contributed by atoms with Gasteiger partial charge in [-0.05, 0) is 64.5 Å². The minimum atomic E-state index is -0.122. The number of hydrogen-bond acceptors (Lipinski definition) is 2. The number of benzene rings is 2. The maximum Gasteiger partial charge on any atom is 0.122 e. The molecule has 0 spiro atoms. The van der Waals surface area contributed by atoms with Gasteiger partial charge in [0.25, 0.3) is 0 Å². The maximum absolute atomic E-state index is 10.6. The van der Waals surface area contributed by atoms with E-state index < -0.39 is 0 Å². The standard InChI is InChI=1S/C26H38O2/c1-10-11-20(18-12-16(2)23(27)21(14-18)25(4,5)6)19-13-17(3)24(28)22(15-19)26(7,8)9/h12-15,20,27-28H,10-11H2,1-9H3. The van der Waals surface area contributed by atoms with Crippen LogP contribution in [0.4, 0.5) is 0 Å². The Morgan fingerprint density at radius 2 is 1.07 bits per heavy atom. The molecule has 28 heavy (non-hydrogen) atoms. The van der Waals surface area contributed by atoms with Crippen molar-refractivity contribution < 1.29 is 10.2 Å². The molecule has 0 radical (unpaired) electrons. The lowest BCUT2D eigenvalue weighted by Crippen LogP contribution is -2.15. The van der Waals surface area contributed by atoms with E-state index in [-0.39, 0.29) is 16.7 Å². The number of aryl methyl sites for hydroxylation is 2. The molecule has 2 aromatic carbocycles. The topological polar surface area (TPSA) is 40.5 Å². The van der Waals surface area contributed by atoms with E-state index in [0.717, 1.165) is 35.1 Å². The first kappa shape index (κ1) is 22.3. The molecule has 0 fully saturated rings. The van der Waals surface area contributed by atoms with Gasteiger partial charge >= 0.3 is 0 Å². The summed E-state index contributed by atoms with van der Waals surface area (Å²) in [5.41, 5.74) is 6.08. The van der Waals surface area contributed by atoms with E-state index >= 15 is 0 Å². The third kappa shape index (κ3) is 4.54. The van der Waals surface area contributed by atoms with E-state index in [1.807, 2.05) is 13.8 Å². The Morgan fingerprint density at radius 3 is 1.36 bits per heavy atom. The summed E-state index contributed by atoms with van der Waals surface area (Å²) in [6.07, 6.45) is 2.10. The van der Waals surface area contributed by atoms with Crippen molar-refractivity contribution in [2.45, 2.75) is 91.9 Å². The molecule has 0 amide bonds. The van der Waals surface area contributed by atoms with Crippen LogP contribution in [0.3, 0.4) is 0 Å². The van der Waals surface area contributed by atoms with E-state index in [0.29, 0.717) is 11.5 Å². The largest absolute Gasteiger partial charge is 0.507 e. The average molecular weight is 383 g/mol. The lowest BCUT2D eigenvalue weighted by atomic mass is 9.78. The third-order valence-corrected chi connectivity index (χ3v) is 5.64. The Morgan fingerprint density at radius 1 is 0.714 bits per heavy atom. The fourth-order valence-corrected chi connectivity index (χ4v) is 3.98. The second-order valence-corrected chi connectivity index (χ2v) is 10.3. The molecule has 154 valence electrons. The molecule has 0 unspecified atom stereocenters. The molecular formula is C26H38O2. The van der Waals surface area contributed by atoms with Crippen molar-refractivity contribution in [1.29, 1.82) is 0 Å². The van der Waals surface area contributed by atoms with Gasteiger partial charge in [0.2, 0.25) is 0 Å². The smallest absolute Gasteiger partial charge is 0.122 e. The Hall–Kier alpha value is -1.96. The number of phenolic OH excluding ortho intramolecular Hbond substituents is 2. The highest BCUT2D eigenvalue weighted by molar-refractivity contribution is 5.52. The SMILES string of the molecule is CCCC(c1cc(C)c(O)c(C(C)(C)C)c1)c1cc(C)c(O)c(C(C)(C)C)c1. The molecule has 0 saturated carbocycles. The minimum Gasteiger partial charge on any atom is -0.507 e. The van der Waals surface area contributed by atoms with Gasteiger partial charge in [-0.25, -0.2) is 0 Å². The molecule has 2 N–H and O–H groups in total. The molecule has 2 nitrogen and oxygen atoms in total. The molecule has 0 bridgehead atoms. The zero-order valence-corrected chi connectivity index (χ0v) is 19.2. The molecule has 0 aliphatic rings. The van der Waals surface area contributed by atoms with Crippen LogP contribution < -0.4 is 0 Å². The minimum absolute atomic E-state index is 0.122. The van der Waals surface area contributed by atoms with Crippen LogP contribution in [0.2, 0.25) is 0 Å². The zero-order valence-electron chi connectivity index (χ0n) is 19.2. The number of rotatable bonds is 4. The van der Waals surface area contributed by atoms with Crippen LogP contribution in [0.1, 0.15) is 101 Å². The summed E-state index contributed by atoms with van der Waals surface area (Å²) >= 11 is 0. The Labute approximate surface area is 171 Å². The number of phenols is 2. The molecular weight excluding hydrogens is 344 g/mol. The van der Waals surface area contributed by atoms with E-state index in [2.05, 4.69) is 72.7 Å². The molecule has 0 aliphatic heterocycles. The van der Waals surface area contributed by atoms with Crippen LogP contribution in [-0.2, 0) is 10.8 Å². The van der Waals surface area contributed by atoms with Gasteiger partial charge in [0.15, 0.2) is 0 Å². The van der Waals surface area contributed by atoms with Gasteiger partial charge in [0, 0.05) is 5.92 Å². The first-order valence-electron chi connectivity index (χ1n) is 10.4. The summed E-state index contributed by atoms with van der Waals surface area (Å²) in [7, 11) is 0. The van der Waals surface area contributed by atoms with Crippen LogP contribution in [-0.4, -0.2) is 10.2 Å². The molecule has 0 saturated heterocycles. The van der Waals surface area contributed by atoms with Crippen molar-refractivity contribution in [3.05, 3.63) is 57.6 Å². The van der Waals surface area contributed by atoms with Crippen molar-refractivity contribution in [3.63, 3.8) is 0 Å². The monoisotopic (exact) mass is 382 g/mol. The summed E-state index contributed by atoms with van der Waals surface area (Å²) in [6.45, 7) is 19.0. The molecule has 2 aromatic rings. The molecule has 2 rings (SSSR count). The highest BCUT2D eigenvalue weighted by Crippen LogP contribution is 2.41. The lowest BCUT2D eigenvalue weighted by molar-refractivity contribution is 0.441. The quantitative estimate of drug-likeness (QED) is 0.585. The maximum atomic E-state index is 10.6. The Kier molecular flexibility index (Phi) is 6.23. The fourth-order valence-electron chi connectivity index (χ4n) is 3.98. The molecule has 0 aliphatic carbocycles. The van der Waals surface area contributed by atoms with Gasteiger partial charge in [-0.3, -0.25) is 0 Å². The summed E-state index contributed by atoms with van der Waals surface area (Å²) in [5, 5.41) is 21.3. The second kappa shape index (κ2) is 7.81. The van der Waals surface area contributed by atoms with Gasteiger partial charge in [-0.2, -0.15) is 0 Å². The van der Waals surface area contributed by atoms with Crippen molar-refractivity contribution in [3.8, 4) is 11.5 Å². The zero-order chi connectivity index (χ0) is 21.4. The van der Waals surface area contributed by atoms with Crippen LogP contribution in [0, 0.1) is 13.8 Å². The third-order valence-electron chi connectivity index (χ3n) is 5.64. The predicted molar refractivity (Wildman–Crippen MR) is 120 cm³/mol. The lowest BCUT2D eigenvalue weighted by Gasteiger charge is -2.28. The first-order valence-corrected chi connectivity index (χ1v) is 10.4. The van der Waals surface area contributed by atoms with Crippen LogP contribution in [0.15, 0.2) is 24.3 Å². The van der Waals surface area contributed by atoms with Crippen molar-refractivity contribution in [2.75, 3.05) is 0 Å². The van der Waals surface area contributed by atoms with Gasteiger partial charge in [-0.15, -0.1) is 0 Å². The van der Waals surface area contributed by atoms with E-state index in [1.165, 1.54) is 11.1 Å². The fraction of sp³-hybridized carbons (Fsp3) is 0.538. The summed E-state index contributed by atoms with van der Waals surface area (Å²) < 4.78 is 0. The first-order chi connectivity index (χ1) is 12.8. The van der Waals surface area contributed by atoms with E-state index in [1.54, 1.807) is 0 Å². The predicted octanol–water partition coefficient (Wildman–Crippen LogP) is 7.24. The van der Waals surface area contributed by atoms with Crippen LogP contribution in [0.5, 0.6) is 11.5 Å². The van der Waals surface area contributed by atoms with Crippen molar-refractivity contribution in [1.82, 2.24) is 0 Å². The molecule has 0 heterocycles. The highest BCUT2D eigenvalue weighted by Gasteiger charge is 2.26. The summed E-state index contributed by atoms with van der Waals surface area (Å²) in [4.78, 5) is 0. The number of aromatic hydroxyl groups is 2. The average Bonchev–Trinajstić information content (AvgIpc) is 2.55. The van der Waals surface area contributed by atoms with Gasteiger partial charge < -0.3 is 10.2 Å². The molecule has 2 heteroatoms. The van der Waals surface area contributed by atoms with Crippen molar-refractivity contribution >= 4 is 0 Å². The Bertz CT molecular complexity index is 779. The van der Waals surface area contributed by atoms with Crippen LogP contribution >= 0.6 is 0 Å². The number of hydrogen-bond donors (Lipinski definition) is 2. The van der Waals surface area contributed by atoms with Gasteiger partial charge in [0.1, 0.15) is 11.5 Å². The highest BCUT2D eigenvalue weighted by atomic mass is 16.3. The van der Waals surface area contributed by atoms with E-state index in [4.69, 9.17) is 0 Å². The van der Waals surface area contributed by atoms with Gasteiger partial charge in [-0.1, -0.05) is 79.2 Å².